The summed E-state index contributed by atoms with van der Waals surface area (Å²) in [5, 5.41) is 6.54. The van der Waals surface area contributed by atoms with E-state index in [2.05, 4.69) is 27.7 Å². The van der Waals surface area contributed by atoms with E-state index in [1.54, 1.807) is 12.1 Å². The van der Waals surface area contributed by atoms with E-state index in [1.807, 2.05) is 67.6 Å². The van der Waals surface area contributed by atoms with E-state index in [0.29, 0.717) is 24.2 Å². The molecule has 6 nitrogen and oxygen atoms in total. The van der Waals surface area contributed by atoms with Crippen molar-refractivity contribution in [3.05, 3.63) is 102 Å². The van der Waals surface area contributed by atoms with Gasteiger partial charge in [0.1, 0.15) is 6.10 Å². The molecule has 1 fully saturated rings. The second kappa shape index (κ2) is 12.2. The summed E-state index contributed by atoms with van der Waals surface area (Å²) in [7, 11) is 0. The highest BCUT2D eigenvalue weighted by atomic mass is 16.5. The second-order valence-electron chi connectivity index (χ2n) is 8.88. The summed E-state index contributed by atoms with van der Waals surface area (Å²) in [4.78, 5) is 27.0. The fraction of sp³-hybridized carbons (Fsp3) is 0.310. The third-order valence-corrected chi connectivity index (χ3v) is 6.18. The molecule has 2 N–H and O–H groups in total. The second-order valence-corrected chi connectivity index (χ2v) is 8.88. The van der Waals surface area contributed by atoms with E-state index in [9.17, 15) is 9.59 Å². The molecule has 0 spiro atoms. The smallest absolute Gasteiger partial charge is 0.338 e. The van der Waals surface area contributed by atoms with Crippen molar-refractivity contribution in [2.45, 2.75) is 31.9 Å². The quantitative estimate of drug-likeness (QED) is 0.411. The Balaban J connectivity index is 1.38. The van der Waals surface area contributed by atoms with Gasteiger partial charge >= 0.3 is 5.97 Å². The highest BCUT2D eigenvalue weighted by Gasteiger charge is 2.28. The summed E-state index contributed by atoms with van der Waals surface area (Å²) >= 11 is 0. The Labute approximate surface area is 207 Å². The van der Waals surface area contributed by atoms with Gasteiger partial charge in [0.05, 0.1) is 11.6 Å². The molecular formula is C29H33N3O3. The van der Waals surface area contributed by atoms with Crippen LogP contribution in [0, 0.1) is 0 Å². The SMILES string of the molecule is CCCNC(=O)c1ccc(NC(CN2CCC(OC(=O)c3ccccc3)C2)c2ccccc2)cc1. The lowest BCUT2D eigenvalue weighted by Crippen LogP contribution is -2.31. The number of ether oxygens (including phenoxy) is 1. The number of carbonyl (C=O) groups excluding carboxylic acids is 2. The highest BCUT2D eigenvalue weighted by molar-refractivity contribution is 5.94. The van der Waals surface area contributed by atoms with Crippen molar-refractivity contribution in [2.24, 2.45) is 0 Å². The molecule has 0 saturated carbocycles. The molecule has 1 saturated heterocycles. The highest BCUT2D eigenvalue weighted by Crippen LogP contribution is 2.24. The Morgan fingerprint density at radius 3 is 2.31 bits per heavy atom. The van der Waals surface area contributed by atoms with Crippen molar-refractivity contribution in [1.82, 2.24) is 10.2 Å². The van der Waals surface area contributed by atoms with Gasteiger partial charge in [-0.1, -0.05) is 55.5 Å². The average molecular weight is 472 g/mol. The molecule has 2 atom stereocenters. The van der Waals surface area contributed by atoms with Crippen LogP contribution >= 0.6 is 0 Å². The van der Waals surface area contributed by atoms with Crippen molar-refractivity contribution in [2.75, 3.05) is 31.5 Å². The molecular weight excluding hydrogens is 438 g/mol. The maximum atomic E-state index is 12.4. The molecule has 1 aliphatic rings. The molecule has 1 aliphatic heterocycles. The van der Waals surface area contributed by atoms with Crippen molar-refractivity contribution in [1.29, 1.82) is 0 Å². The largest absolute Gasteiger partial charge is 0.457 e. The zero-order valence-electron chi connectivity index (χ0n) is 20.2. The van der Waals surface area contributed by atoms with Crippen LogP contribution in [0.3, 0.4) is 0 Å². The molecule has 0 bridgehead atoms. The van der Waals surface area contributed by atoms with Gasteiger partial charge in [0, 0.05) is 37.4 Å². The Hall–Kier alpha value is -3.64. The van der Waals surface area contributed by atoms with E-state index in [0.717, 1.165) is 31.6 Å². The molecule has 0 aliphatic carbocycles. The van der Waals surface area contributed by atoms with E-state index >= 15 is 0 Å². The van der Waals surface area contributed by atoms with Crippen LogP contribution in [-0.2, 0) is 4.74 Å². The minimum absolute atomic E-state index is 0.0498. The predicted octanol–water partition coefficient (Wildman–Crippen LogP) is 4.91. The molecule has 1 heterocycles. The summed E-state index contributed by atoms with van der Waals surface area (Å²) in [5.41, 5.74) is 3.38. The van der Waals surface area contributed by atoms with Crippen LogP contribution in [0.4, 0.5) is 5.69 Å². The van der Waals surface area contributed by atoms with Gasteiger partial charge in [-0.2, -0.15) is 0 Å². The van der Waals surface area contributed by atoms with Crippen LogP contribution in [0.25, 0.3) is 0 Å². The number of hydrogen-bond donors (Lipinski definition) is 2. The first-order chi connectivity index (χ1) is 17.1. The van der Waals surface area contributed by atoms with Crippen molar-refractivity contribution < 1.29 is 14.3 Å². The monoisotopic (exact) mass is 471 g/mol. The molecule has 182 valence electrons. The Kier molecular flexibility index (Phi) is 8.52. The molecule has 3 aromatic carbocycles. The minimum Gasteiger partial charge on any atom is -0.457 e. The van der Waals surface area contributed by atoms with Gasteiger partial charge in [-0.25, -0.2) is 4.79 Å². The van der Waals surface area contributed by atoms with Crippen molar-refractivity contribution in [3.63, 3.8) is 0 Å². The predicted molar refractivity (Wildman–Crippen MR) is 139 cm³/mol. The fourth-order valence-corrected chi connectivity index (χ4v) is 4.29. The van der Waals surface area contributed by atoms with Gasteiger partial charge < -0.3 is 15.4 Å². The van der Waals surface area contributed by atoms with E-state index in [4.69, 9.17) is 4.74 Å². The summed E-state index contributed by atoms with van der Waals surface area (Å²) in [6.45, 7) is 5.07. The number of nitrogens with zero attached hydrogens (tertiary/aromatic N) is 1. The zero-order chi connectivity index (χ0) is 24.5. The number of anilines is 1. The summed E-state index contributed by atoms with van der Waals surface area (Å²) < 4.78 is 5.76. The lowest BCUT2D eigenvalue weighted by molar-refractivity contribution is 0.0321. The number of rotatable bonds is 10. The van der Waals surface area contributed by atoms with Crippen LogP contribution in [0.5, 0.6) is 0 Å². The van der Waals surface area contributed by atoms with Gasteiger partial charge in [-0.3, -0.25) is 9.69 Å². The molecule has 4 rings (SSSR count). The Bertz CT molecular complexity index is 1090. The number of carbonyl (C=O) groups is 2. The van der Waals surface area contributed by atoms with Gasteiger partial charge in [0.2, 0.25) is 0 Å². The average Bonchev–Trinajstić information content (AvgIpc) is 3.35. The Morgan fingerprint density at radius 2 is 1.63 bits per heavy atom. The molecule has 3 aromatic rings. The maximum absolute atomic E-state index is 12.4. The summed E-state index contributed by atoms with van der Waals surface area (Å²) in [6.07, 6.45) is 1.62. The van der Waals surface area contributed by atoms with Crippen LogP contribution < -0.4 is 10.6 Å². The molecule has 35 heavy (non-hydrogen) atoms. The van der Waals surface area contributed by atoms with Gasteiger partial charge in [-0.05, 0) is 54.8 Å². The standard InChI is InChI=1S/C29H33N3O3/c1-2-18-30-28(33)23-13-15-25(16-14-23)31-27(22-9-5-3-6-10-22)21-32-19-17-26(20-32)35-29(34)24-11-7-4-8-12-24/h3-16,26-27,31H,2,17-21H2,1H3,(H,30,33). The van der Waals surface area contributed by atoms with Crippen molar-refractivity contribution >= 4 is 17.6 Å². The third kappa shape index (κ3) is 6.93. The van der Waals surface area contributed by atoms with E-state index in [1.165, 1.54) is 5.56 Å². The molecule has 2 unspecified atom stereocenters. The number of amides is 1. The van der Waals surface area contributed by atoms with Gasteiger partial charge in [0.25, 0.3) is 5.91 Å². The summed E-state index contributed by atoms with van der Waals surface area (Å²) in [6, 6.07) is 27.1. The number of benzene rings is 3. The summed E-state index contributed by atoms with van der Waals surface area (Å²) in [5.74, 6) is -0.315. The van der Waals surface area contributed by atoms with Crippen molar-refractivity contribution in [3.8, 4) is 0 Å². The number of likely N-dealkylation sites (tertiary alicyclic amines) is 1. The van der Waals surface area contributed by atoms with Gasteiger partial charge in [0.15, 0.2) is 0 Å². The zero-order valence-corrected chi connectivity index (χ0v) is 20.2. The number of nitrogens with one attached hydrogen (secondary N) is 2. The van der Waals surface area contributed by atoms with Crippen LogP contribution in [-0.4, -0.2) is 49.1 Å². The Morgan fingerprint density at radius 1 is 0.943 bits per heavy atom. The molecule has 0 aromatic heterocycles. The maximum Gasteiger partial charge on any atom is 0.338 e. The lowest BCUT2D eigenvalue weighted by atomic mass is 10.1. The van der Waals surface area contributed by atoms with Crippen LogP contribution in [0.2, 0.25) is 0 Å². The fourth-order valence-electron chi connectivity index (χ4n) is 4.29. The topological polar surface area (TPSA) is 70.7 Å². The normalized spacial score (nSPS) is 16.4. The van der Waals surface area contributed by atoms with Crippen LogP contribution in [0.1, 0.15) is 52.1 Å². The first kappa shape index (κ1) is 24.5. The van der Waals surface area contributed by atoms with E-state index in [-0.39, 0.29) is 24.0 Å². The minimum atomic E-state index is -0.266. The first-order valence-electron chi connectivity index (χ1n) is 12.3. The van der Waals surface area contributed by atoms with Gasteiger partial charge in [-0.15, -0.1) is 0 Å². The molecule has 0 radical (unpaired) electrons. The molecule has 6 heteroatoms. The van der Waals surface area contributed by atoms with E-state index < -0.39 is 0 Å². The first-order valence-corrected chi connectivity index (χ1v) is 12.3. The third-order valence-electron chi connectivity index (χ3n) is 6.18. The molecule has 1 amide bonds. The number of hydrogen-bond acceptors (Lipinski definition) is 5. The lowest BCUT2D eigenvalue weighted by Gasteiger charge is -2.26. The van der Waals surface area contributed by atoms with Crippen LogP contribution in [0.15, 0.2) is 84.9 Å². The number of esters is 1.